The molecule has 1 aliphatic carbocycles. The molecule has 1 aromatic carbocycles. The van der Waals surface area contributed by atoms with Crippen molar-refractivity contribution in [2.24, 2.45) is 5.92 Å². The summed E-state index contributed by atoms with van der Waals surface area (Å²) in [4.78, 5) is 0. The van der Waals surface area contributed by atoms with Crippen LogP contribution in [-0.4, -0.2) is 5.11 Å². The van der Waals surface area contributed by atoms with Crippen molar-refractivity contribution in [3.8, 4) is 0 Å². The molecule has 0 saturated heterocycles. The summed E-state index contributed by atoms with van der Waals surface area (Å²) in [6.45, 7) is 4.24. The quantitative estimate of drug-likeness (QED) is 0.797. The van der Waals surface area contributed by atoms with E-state index < -0.39 is 0 Å². The fourth-order valence-electron chi connectivity index (χ4n) is 2.80. The number of aliphatic hydroxyl groups is 1. The molecule has 0 bridgehead atoms. The van der Waals surface area contributed by atoms with Gasteiger partial charge in [-0.15, -0.1) is 0 Å². The molecule has 1 N–H and O–H groups in total. The maximum absolute atomic E-state index is 10.5. The Kier molecular flexibility index (Phi) is 3.65. The maximum atomic E-state index is 10.5. The van der Waals surface area contributed by atoms with Crippen LogP contribution in [0.2, 0.25) is 0 Å². The van der Waals surface area contributed by atoms with Crippen molar-refractivity contribution in [2.75, 3.05) is 0 Å². The van der Waals surface area contributed by atoms with Gasteiger partial charge in [-0.2, -0.15) is 0 Å². The van der Waals surface area contributed by atoms with Gasteiger partial charge < -0.3 is 5.11 Å². The van der Waals surface area contributed by atoms with Gasteiger partial charge in [-0.3, -0.25) is 0 Å². The Bertz CT molecular complexity index is 350. The number of hydrogen-bond donors (Lipinski definition) is 1. The molecule has 0 radical (unpaired) electrons. The number of aryl methyl sites for hydroxylation is 1. The normalized spacial score (nSPS) is 19.7. The molecule has 1 heteroatoms. The highest BCUT2D eigenvalue weighted by Crippen LogP contribution is 2.35. The average Bonchev–Trinajstić information content (AvgIpc) is 2.33. The predicted molar refractivity (Wildman–Crippen MR) is 67.5 cm³/mol. The van der Waals surface area contributed by atoms with E-state index in [2.05, 4.69) is 32.0 Å². The Balaban J connectivity index is 2.19. The zero-order chi connectivity index (χ0) is 11.5. The Hall–Kier alpha value is -0.820. The summed E-state index contributed by atoms with van der Waals surface area (Å²) in [6.07, 6.45) is 6.04. The molecule has 1 aliphatic rings. The third kappa shape index (κ3) is 2.30. The summed E-state index contributed by atoms with van der Waals surface area (Å²) >= 11 is 0. The lowest BCUT2D eigenvalue weighted by atomic mass is 9.81. The largest absolute Gasteiger partial charge is 0.388 e. The molecule has 1 nitrogen and oxygen atoms in total. The van der Waals surface area contributed by atoms with Crippen LogP contribution >= 0.6 is 0 Å². The van der Waals surface area contributed by atoms with Crippen LogP contribution in [0.4, 0.5) is 0 Å². The summed E-state index contributed by atoms with van der Waals surface area (Å²) in [6, 6.07) is 6.26. The number of benzene rings is 1. The topological polar surface area (TPSA) is 20.2 Å². The van der Waals surface area contributed by atoms with Crippen molar-refractivity contribution in [3.05, 3.63) is 34.9 Å². The first kappa shape index (κ1) is 11.7. The molecule has 0 heterocycles. The minimum absolute atomic E-state index is 0.250. The Morgan fingerprint density at radius 3 is 2.50 bits per heavy atom. The van der Waals surface area contributed by atoms with E-state index in [0.717, 1.165) is 5.56 Å². The molecule has 16 heavy (non-hydrogen) atoms. The number of hydrogen-bond acceptors (Lipinski definition) is 1. The molecule has 1 aromatic rings. The Morgan fingerprint density at radius 2 is 1.81 bits per heavy atom. The van der Waals surface area contributed by atoms with Gasteiger partial charge in [0.2, 0.25) is 0 Å². The predicted octanol–water partition coefficient (Wildman–Crippen LogP) is 3.92. The molecule has 0 aliphatic heterocycles. The maximum Gasteiger partial charge on any atom is 0.0820 e. The highest BCUT2D eigenvalue weighted by Gasteiger charge is 2.24. The summed E-state index contributed by atoms with van der Waals surface area (Å²) in [5.74, 6) is 0.481. The summed E-state index contributed by atoms with van der Waals surface area (Å²) in [7, 11) is 0. The molecule has 0 aromatic heterocycles. The fraction of sp³-hybridized carbons (Fsp3) is 0.600. The molecule has 0 spiro atoms. The molecule has 2 rings (SSSR count). The van der Waals surface area contributed by atoms with Gasteiger partial charge in [0.25, 0.3) is 0 Å². The molecular formula is C15H22O. The van der Waals surface area contributed by atoms with Gasteiger partial charge in [0.15, 0.2) is 0 Å². The zero-order valence-electron chi connectivity index (χ0n) is 10.4. The first-order chi connectivity index (χ1) is 7.70. The van der Waals surface area contributed by atoms with Crippen LogP contribution in [0.25, 0.3) is 0 Å². The average molecular weight is 218 g/mol. The van der Waals surface area contributed by atoms with Crippen LogP contribution in [-0.2, 0) is 0 Å². The SMILES string of the molecule is Cc1cccc([C@@H](O)C2CCCCC2)c1C. The van der Waals surface area contributed by atoms with Crippen molar-refractivity contribution in [1.29, 1.82) is 0 Å². The third-order valence-electron chi connectivity index (χ3n) is 4.06. The molecule has 1 fully saturated rings. The second-order valence-electron chi connectivity index (χ2n) is 5.13. The third-order valence-corrected chi connectivity index (χ3v) is 4.06. The van der Waals surface area contributed by atoms with Crippen molar-refractivity contribution in [1.82, 2.24) is 0 Å². The van der Waals surface area contributed by atoms with Crippen LogP contribution < -0.4 is 0 Å². The zero-order valence-corrected chi connectivity index (χ0v) is 10.4. The van der Waals surface area contributed by atoms with Crippen LogP contribution in [0.3, 0.4) is 0 Å². The molecule has 88 valence electrons. The van der Waals surface area contributed by atoms with E-state index in [1.54, 1.807) is 0 Å². The fourth-order valence-corrected chi connectivity index (χ4v) is 2.80. The van der Waals surface area contributed by atoms with E-state index in [0.29, 0.717) is 5.92 Å². The van der Waals surface area contributed by atoms with E-state index >= 15 is 0 Å². The highest BCUT2D eigenvalue weighted by molar-refractivity contribution is 5.34. The number of rotatable bonds is 2. The molecule has 0 unspecified atom stereocenters. The van der Waals surface area contributed by atoms with E-state index in [1.807, 2.05) is 0 Å². The van der Waals surface area contributed by atoms with Crippen LogP contribution in [0.1, 0.15) is 54.9 Å². The van der Waals surface area contributed by atoms with Crippen LogP contribution in [0, 0.1) is 19.8 Å². The highest BCUT2D eigenvalue weighted by atomic mass is 16.3. The van der Waals surface area contributed by atoms with Gasteiger partial charge in [0.05, 0.1) is 6.10 Å². The lowest BCUT2D eigenvalue weighted by Gasteiger charge is -2.28. The van der Waals surface area contributed by atoms with Crippen LogP contribution in [0.5, 0.6) is 0 Å². The molecular weight excluding hydrogens is 196 g/mol. The summed E-state index contributed by atoms with van der Waals surface area (Å²) in [5, 5.41) is 10.5. The first-order valence-electron chi connectivity index (χ1n) is 6.44. The Labute approximate surface area is 98.5 Å². The smallest absolute Gasteiger partial charge is 0.0820 e. The lowest BCUT2D eigenvalue weighted by molar-refractivity contribution is 0.0842. The van der Waals surface area contributed by atoms with E-state index in [1.165, 1.54) is 43.2 Å². The van der Waals surface area contributed by atoms with Gasteiger partial charge >= 0.3 is 0 Å². The molecule has 1 atom stereocenters. The first-order valence-corrected chi connectivity index (χ1v) is 6.44. The second-order valence-corrected chi connectivity index (χ2v) is 5.13. The molecule has 1 saturated carbocycles. The van der Waals surface area contributed by atoms with Crippen molar-refractivity contribution < 1.29 is 5.11 Å². The van der Waals surface area contributed by atoms with Crippen LogP contribution in [0.15, 0.2) is 18.2 Å². The molecule has 0 amide bonds. The summed E-state index contributed by atoms with van der Waals surface area (Å²) in [5.41, 5.74) is 3.69. The van der Waals surface area contributed by atoms with E-state index in [9.17, 15) is 5.11 Å². The standard InChI is InChI=1S/C15H22O/c1-11-7-6-10-14(12(11)2)15(16)13-8-4-3-5-9-13/h6-7,10,13,15-16H,3-5,8-9H2,1-2H3/t15-/m0/s1. The van der Waals surface area contributed by atoms with E-state index in [-0.39, 0.29) is 6.10 Å². The van der Waals surface area contributed by atoms with Crippen molar-refractivity contribution in [2.45, 2.75) is 52.1 Å². The minimum Gasteiger partial charge on any atom is -0.388 e. The Morgan fingerprint density at radius 1 is 1.12 bits per heavy atom. The van der Waals surface area contributed by atoms with Crippen molar-refractivity contribution >= 4 is 0 Å². The van der Waals surface area contributed by atoms with Gasteiger partial charge in [0, 0.05) is 0 Å². The monoisotopic (exact) mass is 218 g/mol. The van der Waals surface area contributed by atoms with E-state index in [4.69, 9.17) is 0 Å². The minimum atomic E-state index is -0.250. The number of aliphatic hydroxyl groups excluding tert-OH is 1. The van der Waals surface area contributed by atoms with Gasteiger partial charge in [-0.1, -0.05) is 37.5 Å². The summed E-state index contributed by atoms with van der Waals surface area (Å²) < 4.78 is 0. The van der Waals surface area contributed by atoms with Crippen molar-refractivity contribution in [3.63, 3.8) is 0 Å². The van der Waals surface area contributed by atoms with Gasteiger partial charge in [-0.05, 0) is 49.3 Å². The lowest BCUT2D eigenvalue weighted by Crippen LogP contribution is -2.17. The second kappa shape index (κ2) is 5.01. The van der Waals surface area contributed by atoms with Gasteiger partial charge in [0.1, 0.15) is 0 Å². The van der Waals surface area contributed by atoms with Gasteiger partial charge in [-0.25, -0.2) is 0 Å².